The first-order valence-electron chi connectivity index (χ1n) is 10.8. The first-order chi connectivity index (χ1) is 12.5. The number of ether oxygens (including phenoxy) is 1. The lowest BCUT2D eigenvalue weighted by Crippen LogP contribution is -2.55. The van der Waals surface area contributed by atoms with Gasteiger partial charge in [-0.05, 0) is 103 Å². The van der Waals surface area contributed by atoms with Crippen molar-refractivity contribution in [3.8, 4) is 0 Å². The lowest BCUT2D eigenvalue weighted by molar-refractivity contribution is -0.168. The van der Waals surface area contributed by atoms with E-state index in [1.165, 1.54) is 56.1 Å². The van der Waals surface area contributed by atoms with E-state index in [-0.39, 0.29) is 0 Å². The van der Waals surface area contributed by atoms with E-state index in [0.717, 1.165) is 24.4 Å². The predicted octanol–water partition coefficient (Wildman–Crippen LogP) is 5.80. The number of pyridine rings is 1. The van der Waals surface area contributed by atoms with Crippen molar-refractivity contribution in [3.05, 3.63) is 35.7 Å². The Labute approximate surface area is 158 Å². The second-order valence-corrected chi connectivity index (χ2v) is 9.98. The van der Waals surface area contributed by atoms with E-state index in [1.54, 1.807) is 5.57 Å². The van der Waals surface area contributed by atoms with Gasteiger partial charge in [-0.1, -0.05) is 19.9 Å². The predicted molar refractivity (Wildman–Crippen MR) is 106 cm³/mol. The Bertz CT molecular complexity index is 739. The zero-order valence-electron chi connectivity index (χ0n) is 16.6. The molecule has 1 aliphatic heterocycles. The molecule has 3 fully saturated rings. The monoisotopic (exact) mass is 351 g/mol. The molecule has 0 bridgehead atoms. The fourth-order valence-corrected chi connectivity index (χ4v) is 7.44. The van der Waals surface area contributed by atoms with Crippen molar-refractivity contribution in [3.63, 3.8) is 0 Å². The average Bonchev–Trinajstić information content (AvgIpc) is 2.98. The van der Waals surface area contributed by atoms with Crippen LogP contribution >= 0.6 is 0 Å². The van der Waals surface area contributed by atoms with Crippen LogP contribution in [0, 0.1) is 35.5 Å². The summed E-state index contributed by atoms with van der Waals surface area (Å²) in [6.07, 6.45) is 16.4. The largest absolute Gasteiger partial charge is 0.378 e. The van der Waals surface area contributed by atoms with Crippen molar-refractivity contribution in [1.82, 2.24) is 4.98 Å². The number of rotatable bonds is 1. The molecule has 140 valence electrons. The van der Waals surface area contributed by atoms with Gasteiger partial charge in [0.05, 0.1) is 6.10 Å². The minimum absolute atomic E-state index is 0.343. The van der Waals surface area contributed by atoms with Crippen LogP contribution in [0.3, 0.4) is 0 Å². The summed E-state index contributed by atoms with van der Waals surface area (Å²) < 4.78 is 6.25. The minimum Gasteiger partial charge on any atom is -0.378 e. The Hall–Kier alpha value is -1.15. The molecule has 4 aliphatic rings. The van der Waals surface area contributed by atoms with E-state index in [1.807, 2.05) is 6.20 Å². The smallest absolute Gasteiger partial charge is 0.0631 e. The number of hydrogen-bond acceptors (Lipinski definition) is 2. The molecule has 2 heterocycles. The number of aryl methyl sites for hydroxylation is 1. The summed E-state index contributed by atoms with van der Waals surface area (Å²) in [7, 11) is 0. The van der Waals surface area contributed by atoms with Crippen LogP contribution in [-0.4, -0.2) is 17.7 Å². The highest BCUT2D eigenvalue weighted by atomic mass is 16.5. The molecular weight excluding hydrogens is 318 g/mol. The summed E-state index contributed by atoms with van der Waals surface area (Å²) in [4.78, 5) is 4.49. The molecule has 6 unspecified atom stereocenters. The van der Waals surface area contributed by atoms with Crippen LogP contribution in [0.15, 0.2) is 24.5 Å². The fourth-order valence-electron chi connectivity index (χ4n) is 7.44. The summed E-state index contributed by atoms with van der Waals surface area (Å²) in [5.41, 5.74) is 5.00. The molecule has 0 amide bonds. The molecule has 1 saturated heterocycles. The molecule has 2 saturated carbocycles. The van der Waals surface area contributed by atoms with Crippen molar-refractivity contribution in [2.24, 2.45) is 28.6 Å². The maximum absolute atomic E-state index is 6.25. The van der Waals surface area contributed by atoms with Crippen LogP contribution in [-0.2, 0) is 4.74 Å². The molecule has 0 aromatic carbocycles. The van der Waals surface area contributed by atoms with Gasteiger partial charge in [-0.25, -0.2) is 0 Å². The van der Waals surface area contributed by atoms with Gasteiger partial charge in [-0.15, -0.1) is 0 Å². The number of allylic oxidation sites excluding steroid dienone is 2. The van der Waals surface area contributed by atoms with Gasteiger partial charge in [0.2, 0.25) is 0 Å². The molecule has 5 rings (SSSR count). The molecular formula is C24H33NO. The van der Waals surface area contributed by atoms with E-state index in [4.69, 9.17) is 4.74 Å². The van der Waals surface area contributed by atoms with Crippen LogP contribution in [0.2, 0.25) is 0 Å². The molecule has 2 nitrogen and oxygen atoms in total. The standard InChI is InChI=1S/C24H33NO/c1-16-13-17(15-25-14-16)19-6-7-20-18-5-8-22-24(3,10-4-12-26-22)21(18)9-11-23(19,20)2/h6,13-15,18,20-22H,4-5,7-12H2,1-3H3. The van der Waals surface area contributed by atoms with Gasteiger partial charge in [0.25, 0.3) is 0 Å². The Balaban J connectivity index is 1.46. The highest BCUT2D eigenvalue weighted by Gasteiger charge is 2.58. The van der Waals surface area contributed by atoms with Gasteiger partial charge >= 0.3 is 0 Å². The van der Waals surface area contributed by atoms with Crippen LogP contribution in [0.5, 0.6) is 0 Å². The Morgan fingerprint density at radius 1 is 1.08 bits per heavy atom. The number of aromatic nitrogens is 1. The molecule has 6 atom stereocenters. The normalized spacial score (nSPS) is 44.7. The Morgan fingerprint density at radius 2 is 1.96 bits per heavy atom. The summed E-state index contributed by atoms with van der Waals surface area (Å²) >= 11 is 0. The van der Waals surface area contributed by atoms with Gasteiger partial charge in [0.1, 0.15) is 0 Å². The minimum atomic E-state index is 0.343. The fraction of sp³-hybridized carbons (Fsp3) is 0.708. The molecule has 3 aliphatic carbocycles. The van der Waals surface area contributed by atoms with Crippen LogP contribution in [0.4, 0.5) is 0 Å². The lowest BCUT2D eigenvalue weighted by Gasteiger charge is -2.59. The van der Waals surface area contributed by atoms with Gasteiger partial charge in [0, 0.05) is 19.0 Å². The van der Waals surface area contributed by atoms with Crippen molar-refractivity contribution in [2.75, 3.05) is 6.61 Å². The SMILES string of the molecule is Cc1cncc(C2=CCC3C4CCC5OCCCC5(C)C4CCC23C)c1. The molecule has 0 spiro atoms. The van der Waals surface area contributed by atoms with E-state index >= 15 is 0 Å². The van der Waals surface area contributed by atoms with E-state index < -0.39 is 0 Å². The van der Waals surface area contributed by atoms with Crippen LogP contribution < -0.4 is 0 Å². The van der Waals surface area contributed by atoms with Crippen molar-refractivity contribution < 1.29 is 4.74 Å². The Morgan fingerprint density at radius 3 is 2.81 bits per heavy atom. The second kappa shape index (κ2) is 5.92. The van der Waals surface area contributed by atoms with Gasteiger partial charge in [-0.3, -0.25) is 4.98 Å². The maximum Gasteiger partial charge on any atom is 0.0631 e. The van der Waals surface area contributed by atoms with Gasteiger partial charge in [-0.2, -0.15) is 0 Å². The highest BCUT2D eigenvalue weighted by molar-refractivity contribution is 5.72. The summed E-state index contributed by atoms with van der Waals surface area (Å²) in [6.45, 7) is 8.27. The molecule has 0 N–H and O–H groups in total. The quantitative estimate of drug-likeness (QED) is 0.637. The number of hydrogen-bond donors (Lipinski definition) is 0. The van der Waals surface area contributed by atoms with E-state index in [0.29, 0.717) is 16.9 Å². The van der Waals surface area contributed by atoms with Crippen LogP contribution in [0.1, 0.15) is 69.9 Å². The third-order valence-corrected chi connectivity index (χ3v) is 8.73. The molecule has 0 radical (unpaired) electrons. The summed E-state index contributed by atoms with van der Waals surface area (Å²) in [6, 6.07) is 2.34. The second-order valence-electron chi connectivity index (χ2n) is 9.98. The van der Waals surface area contributed by atoms with Crippen LogP contribution in [0.25, 0.3) is 5.57 Å². The molecule has 1 aromatic rings. The Kier molecular flexibility index (Phi) is 3.87. The molecule has 1 aromatic heterocycles. The van der Waals surface area contributed by atoms with E-state index in [2.05, 4.69) is 44.1 Å². The van der Waals surface area contributed by atoms with E-state index in [9.17, 15) is 0 Å². The van der Waals surface area contributed by atoms with Crippen molar-refractivity contribution in [1.29, 1.82) is 0 Å². The third-order valence-electron chi connectivity index (χ3n) is 8.73. The maximum atomic E-state index is 6.25. The first-order valence-corrected chi connectivity index (χ1v) is 10.8. The lowest BCUT2D eigenvalue weighted by atomic mass is 9.47. The average molecular weight is 352 g/mol. The topological polar surface area (TPSA) is 22.1 Å². The third kappa shape index (κ3) is 2.30. The first kappa shape index (κ1) is 17.0. The van der Waals surface area contributed by atoms with Crippen molar-refractivity contribution in [2.45, 2.75) is 71.8 Å². The molecule has 2 heteroatoms. The van der Waals surface area contributed by atoms with Gasteiger partial charge in [0.15, 0.2) is 0 Å². The zero-order chi connectivity index (χ0) is 17.9. The number of fused-ring (bicyclic) bond motifs is 5. The molecule has 26 heavy (non-hydrogen) atoms. The highest BCUT2D eigenvalue weighted by Crippen LogP contribution is 2.65. The van der Waals surface area contributed by atoms with Gasteiger partial charge < -0.3 is 4.74 Å². The summed E-state index contributed by atoms with van der Waals surface area (Å²) in [5.74, 6) is 2.56. The van der Waals surface area contributed by atoms with Crippen molar-refractivity contribution >= 4 is 5.57 Å². The number of nitrogens with zero attached hydrogens (tertiary/aromatic N) is 1. The summed E-state index contributed by atoms with van der Waals surface area (Å²) in [5, 5.41) is 0. The zero-order valence-corrected chi connectivity index (χ0v) is 16.6.